The van der Waals surface area contributed by atoms with Gasteiger partial charge < -0.3 is 9.64 Å². The van der Waals surface area contributed by atoms with E-state index in [4.69, 9.17) is 4.74 Å². The lowest BCUT2D eigenvalue weighted by atomic mass is 10.0. The molecule has 0 spiro atoms. The molecule has 0 saturated heterocycles. The van der Waals surface area contributed by atoms with E-state index in [9.17, 15) is 0 Å². The Morgan fingerprint density at radius 2 is 1.57 bits per heavy atom. The van der Waals surface area contributed by atoms with Crippen molar-refractivity contribution in [2.45, 2.75) is 33.1 Å². The van der Waals surface area contributed by atoms with Crippen LogP contribution in [0.5, 0.6) is 5.75 Å². The summed E-state index contributed by atoms with van der Waals surface area (Å²) in [7, 11) is 1.76. The largest absolute Gasteiger partial charge is 0.496 e. The van der Waals surface area contributed by atoms with Crippen LogP contribution in [0.1, 0.15) is 32.3 Å². The third-order valence-electron chi connectivity index (χ3n) is 3.95. The molecule has 0 aromatic heterocycles. The average molecular weight is 285 g/mol. The van der Waals surface area contributed by atoms with Crippen molar-refractivity contribution >= 4 is 10.8 Å². The molecule has 0 saturated carbocycles. The van der Waals surface area contributed by atoms with E-state index in [0.717, 1.165) is 18.7 Å². The van der Waals surface area contributed by atoms with Crippen LogP contribution >= 0.6 is 0 Å². The minimum absolute atomic E-state index is 0.987. The van der Waals surface area contributed by atoms with Crippen LogP contribution in [0, 0.1) is 0 Å². The second-order valence-electron chi connectivity index (χ2n) is 5.57. The summed E-state index contributed by atoms with van der Waals surface area (Å²) in [4.78, 5) is 2.56. The number of hydrogen-bond donors (Lipinski definition) is 0. The molecule has 2 aromatic rings. The molecule has 2 rings (SSSR count). The first-order valence-corrected chi connectivity index (χ1v) is 8.07. The van der Waals surface area contributed by atoms with Gasteiger partial charge in [0.1, 0.15) is 5.75 Å². The molecule has 0 bridgehead atoms. The van der Waals surface area contributed by atoms with Crippen LogP contribution in [-0.2, 0) is 6.42 Å². The summed E-state index contributed by atoms with van der Waals surface area (Å²) in [6.45, 7) is 8.01. The molecule has 0 radical (unpaired) electrons. The number of ether oxygens (including phenoxy) is 1. The summed E-state index contributed by atoms with van der Waals surface area (Å²) in [5.41, 5.74) is 1.39. The summed E-state index contributed by atoms with van der Waals surface area (Å²) in [6, 6.07) is 12.8. The second-order valence-corrected chi connectivity index (χ2v) is 5.57. The highest BCUT2D eigenvalue weighted by Crippen LogP contribution is 2.29. The Hall–Kier alpha value is -1.54. The molecule has 21 heavy (non-hydrogen) atoms. The van der Waals surface area contributed by atoms with Gasteiger partial charge in [-0.05, 0) is 49.4 Å². The summed E-state index contributed by atoms with van der Waals surface area (Å²) in [6.07, 6.45) is 3.52. The first kappa shape index (κ1) is 15.8. The lowest BCUT2D eigenvalue weighted by molar-refractivity contribution is 0.278. The SMILES string of the molecule is CCCN(CCC)CCc1cccc2cccc(OC)c12. The number of rotatable bonds is 8. The van der Waals surface area contributed by atoms with Gasteiger partial charge in [0.15, 0.2) is 0 Å². The van der Waals surface area contributed by atoms with E-state index < -0.39 is 0 Å². The fourth-order valence-corrected chi connectivity index (χ4v) is 3.01. The van der Waals surface area contributed by atoms with E-state index in [1.807, 2.05) is 0 Å². The Bertz CT molecular complexity index is 553. The summed E-state index contributed by atoms with van der Waals surface area (Å²) < 4.78 is 5.56. The molecule has 0 fully saturated rings. The number of fused-ring (bicyclic) bond motifs is 1. The van der Waals surface area contributed by atoms with Crippen molar-refractivity contribution in [3.63, 3.8) is 0 Å². The van der Waals surface area contributed by atoms with E-state index in [2.05, 4.69) is 55.1 Å². The van der Waals surface area contributed by atoms with Crippen LogP contribution in [0.4, 0.5) is 0 Å². The zero-order chi connectivity index (χ0) is 15.1. The predicted molar refractivity (Wildman–Crippen MR) is 91.2 cm³/mol. The van der Waals surface area contributed by atoms with Crippen molar-refractivity contribution in [2.75, 3.05) is 26.7 Å². The van der Waals surface area contributed by atoms with E-state index in [-0.39, 0.29) is 0 Å². The van der Waals surface area contributed by atoms with Gasteiger partial charge in [-0.3, -0.25) is 0 Å². The summed E-state index contributed by atoms with van der Waals surface area (Å²) >= 11 is 0. The van der Waals surface area contributed by atoms with E-state index in [1.54, 1.807) is 7.11 Å². The molecule has 2 aromatic carbocycles. The minimum Gasteiger partial charge on any atom is -0.496 e. The van der Waals surface area contributed by atoms with Crippen LogP contribution in [0.25, 0.3) is 10.8 Å². The van der Waals surface area contributed by atoms with Gasteiger partial charge in [0.25, 0.3) is 0 Å². The molecule has 0 unspecified atom stereocenters. The van der Waals surface area contributed by atoms with E-state index in [0.29, 0.717) is 0 Å². The van der Waals surface area contributed by atoms with Crippen LogP contribution < -0.4 is 4.74 Å². The fourth-order valence-electron chi connectivity index (χ4n) is 3.01. The second kappa shape index (κ2) is 8.04. The molecule has 0 heterocycles. The number of benzene rings is 2. The highest BCUT2D eigenvalue weighted by Gasteiger charge is 2.09. The third kappa shape index (κ3) is 3.98. The highest BCUT2D eigenvalue weighted by atomic mass is 16.5. The Balaban J connectivity index is 2.21. The molecule has 0 atom stereocenters. The molecule has 2 nitrogen and oxygen atoms in total. The number of nitrogens with zero attached hydrogens (tertiary/aromatic N) is 1. The van der Waals surface area contributed by atoms with Gasteiger partial charge in [0, 0.05) is 11.9 Å². The van der Waals surface area contributed by atoms with Gasteiger partial charge in [-0.25, -0.2) is 0 Å². The first-order chi connectivity index (χ1) is 10.3. The van der Waals surface area contributed by atoms with E-state index in [1.165, 1.54) is 42.3 Å². The van der Waals surface area contributed by atoms with Gasteiger partial charge in [-0.1, -0.05) is 44.2 Å². The van der Waals surface area contributed by atoms with Gasteiger partial charge in [-0.2, -0.15) is 0 Å². The molecule has 0 aliphatic carbocycles. The standard InChI is InChI=1S/C19H27NO/c1-4-13-20(14-5-2)15-12-17-9-6-8-16-10-7-11-18(21-3)19(16)17/h6-11H,4-5,12-15H2,1-3H3. The highest BCUT2D eigenvalue weighted by molar-refractivity contribution is 5.91. The zero-order valence-electron chi connectivity index (χ0n) is 13.6. The lowest BCUT2D eigenvalue weighted by Crippen LogP contribution is -2.27. The molecule has 0 amide bonds. The Labute approximate surface area is 128 Å². The number of methoxy groups -OCH3 is 1. The third-order valence-corrected chi connectivity index (χ3v) is 3.95. The maximum Gasteiger partial charge on any atom is 0.126 e. The quantitative estimate of drug-likeness (QED) is 0.707. The van der Waals surface area contributed by atoms with Gasteiger partial charge in [0.05, 0.1) is 7.11 Å². The molecule has 114 valence electrons. The van der Waals surface area contributed by atoms with Crippen molar-refractivity contribution in [3.8, 4) is 5.75 Å². The van der Waals surface area contributed by atoms with Gasteiger partial charge >= 0.3 is 0 Å². The minimum atomic E-state index is 0.987. The normalized spacial score (nSPS) is 11.2. The fraction of sp³-hybridized carbons (Fsp3) is 0.474. The topological polar surface area (TPSA) is 12.5 Å². The maximum atomic E-state index is 5.56. The zero-order valence-corrected chi connectivity index (χ0v) is 13.6. The molecule has 0 aliphatic rings. The van der Waals surface area contributed by atoms with Crippen molar-refractivity contribution in [2.24, 2.45) is 0 Å². The maximum absolute atomic E-state index is 5.56. The molecule has 2 heteroatoms. The number of hydrogen-bond acceptors (Lipinski definition) is 2. The summed E-state index contributed by atoms with van der Waals surface area (Å²) in [5.74, 6) is 0.987. The van der Waals surface area contributed by atoms with Crippen molar-refractivity contribution < 1.29 is 4.74 Å². The first-order valence-electron chi connectivity index (χ1n) is 8.07. The van der Waals surface area contributed by atoms with Gasteiger partial charge in [0.2, 0.25) is 0 Å². The Kier molecular flexibility index (Phi) is 6.06. The lowest BCUT2D eigenvalue weighted by Gasteiger charge is -2.21. The average Bonchev–Trinajstić information content (AvgIpc) is 2.52. The molecular weight excluding hydrogens is 258 g/mol. The summed E-state index contributed by atoms with van der Waals surface area (Å²) in [5, 5.41) is 2.54. The molecular formula is C19H27NO. The Morgan fingerprint density at radius 1 is 0.905 bits per heavy atom. The molecule has 0 N–H and O–H groups in total. The predicted octanol–water partition coefficient (Wildman–Crippen LogP) is 4.51. The van der Waals surface area contributed by atoms with Crippen LogP contribution in [0.2, 0.25) is 0 Å². The monoisotopic (exact) mass is 285 g/mol. The molecule has 0 aliphatic heterocycles. The Morgan fingerprint density at radius 3 is 2.19 bits per heavy atom. The van der Waals surface area contributed by atoms with Crippen molar-refractivity contribution in [1.82, 2.24) is 4.90 Å². The smallest absolute Gasteiger partial charge is 0.126 e. The van der Waals surface area contributed by atoms with Crippen LogP contribution in [0.15, 0.2) is 36.4 Å². The van der Waals surface area contributed by atoms with Crippen molar-refractivity contribution in [1.29, 1.82) is 0 Å². The van der Waals surface area contributed by atoms with Crippen molar-refractivity contribution in [3.05, 3.63) is 42.0 Å². The van der Waals surface area contributed by atoms with Crippen LogP contribution in [-0.4, -0.2) is 31.6 Å². The van der Waals surface area contributed by atoms with Gasteiger partial charge in [-0.15, -0.1) is 0 Å². The van der Waals surface area contributed by atoms with Crippen LogP contribution in [0.3, 0.4) is 0 Å². The van der Waals surface area contributed by atoms with E-state index >= 15 is 0 Å².